The molecule has 1 aromatic rings. The first kappa shape index (κ1) is 22.7. The molecule has 0 aromatic heterocycles. The van der Waals surface area contributed by atoms with Crippen LogP contribution in [-0.4, -0.2) is 51.4 Å². The van der Waals surface area contributed by atoms with Crippen molar-refractivity contribution in [2.24, 2.45) is 5.92 Å². The van der Waals surface area contributed by atoms with Crippen LogP contribution in [0, 0.1) is 5.92 Å². The number of hydrogen-bond acceptors (Lipinski definition) is 4. The van der Waals surface area contributed by atoms with Crippen LogP contribution in [-0.2, 0) is 27.7 Å². The van der Waals surface area contributed by atoms with E-state index in [1.807, 2.05) is 6.07 Å². The zero-order valence-electron chi connectivity index (χ0n) is 18.6. The molecule has 6 nitrogen and oxygen atoms in total. The van der Waals surface area contributed by atoms with Gasteiger partial charge in [-0.15, -0.1) is 0 Å². The van der Waals surface area contributed by atoms with Crippen LogP contribution in [0.4, 0.5) is 0 Å². The normalized spacial score (nSPS) is 22.9. The summed E-state index contributed by atoms with van der Waals surface area (Å²) < 4.78 is 28.3. The Balaban J connectivity index is 1.27. The molecule has 1 heterocycles. The SMILES string of the molecule is O=C(N[C@H]1Cc2ccc(S(=O)(=O)NCCCN3CCCCCC3)cc2C1)C1CCCC1. The summed E-state index contributed by atoms with van der Waals surface area (Å²) in [6.45, 7) is 3.69. The van der Waals surface area contributed by atoms with E-state index >= 15 is 0 Å². The minimum Gasteiger partial charge on any atom is -0.352 e. The first-order valence-corrected chi connectivity index (χ1v) is 13.6. The molecule has 0 radical (unpaired) electrons. The van der Waals surface area contributed by atoms with Gasteiger partial charge in [0.05, 0.1) is 4.90 Å². The molecule has 2 aliphatic carbocycles. The molecule has 1 atom stereocenters. The summed E-state index contributed by atoms with van der Waals surface area (Å²) in [5, 5.41) is 3.19. The number of carbonyl (C=O) groups is 1. The van der Waals surface area contributed by atoms with E-state index in [0.29, 0.717) is 17.9 Å². The van der Waals surface area contributed by atoms with Gasteiger partial charge in [-0.3, -0.25) is 4.79 Å². The van der Waals surface area contributed by atoms with Crippen LogP contribution in [0.15, 0.2) is 23.1 Å². The lowest BCUT2D eigenvalue weighted by Crippen LogP contribution is -2.38. The number of nitrogens with zero attached hydrogens (tertiary/aromatic N) is 1. The molecule has 0 unspecified atom stereocenters. The molecule has 1 amide bonds. The van der Waals surface area contributed by atoms with E-state index in [4.69, 9.17) is 0 Å². The molecule has 2 fully saturated rings. The molecule has 2 N–H and O–H groups in total. The maximum Gasteiger partial charge on any atom is 0.240 e. The van der Waals surface area contributed by atoms with Crippen molar-refractivity contribution in [1.29, 1.82) is 0 Å². The summed E-state index contributed by atoms with van der Waals surface area (Å²) >= 11 is 0. The summed E-state index contributed by atoms with van der Waals surface area (Å²) in [6, 6.07) is 5.51. The standard InChI is InChI=1S/C24H37N3O3S/c28-24(19-8-3-4-9-19)26-22-16-20-10-11-23(18-21(20)17-22)31(29,30)25-12-7-15-27-13-5-1-2-6-14-27/h10-11,18-19,22,25H,1-9,12-17H2,(H,26,28)/t22-/m0/s1. The van der Waals surface area contributed by atoms with Crippen LogP contribution < -0.4 is 10.0 Å². The average molecular weight is 448 g/mol. The number of fused-ring (bicyclic) bond motifs is 1. The lowest BCUT2D eigenvalue weighted by Gasteiger charge is -2.19. The van der Waals surface area contributed by atoms with Gasteiger partial charge in [-0.2, -0.15) is 0 Å². The molecular weight excluding hydrogens is 410 g/mol. The van der Waals surface area contributed by atoms with Crippen LogP contribution in [0.1, 0.15) is 68.9 Å². The smallest absolute Gasteiger partial charge is 0.240 e. The fraction of sp³-hybridized carbons (Fsp3) is 0.708. The number of sulfonamides is 1. The summed E-state index contributed by atoms with van der Waals surface area (Å²) in [6.07, 6.45) is 11.8. The number of likely N-dealkylation sites (tertiary alicyclic amines) is 1. The van der Waals surface area contributed by atoms with Gasteiger partial charge in [-0.1, -0.05) is 31.7 Å². The number of hydrogen-bond donors (Lipinski definition) is 2. The molecule has 7 heteroatoms. The van der Waals surface area contributed by atoms with Crippen molar-refractivity contribution in [1.82, 2.24) is 14.9 Å². The Morgan fingerprint density at radius 1 is 0.968 bits per heavy atom. The Labute approximate surface area is 187 Å². The number of nitrogens with one attached hydrogen (secondary N) is 2. The van der Waals surface area contributed by atoms with E-state index in [1.54, 1.807) is 12.1 Å². The van der Waals surface area contributed by atoms with E-state index in [2.05, 4.69) is 14.9 Å². The lowest BCUT2D eigenvalue weighted by molar-refractivity contribution is -0.125. The molecule has 3 aliphatic rings. The van der Waals surface area contributed by atoms with Gasteiger partial charge in [-0.25, -0.2) is 13.1 Å². The van der Waals surface area contributed by atoms with Crippen molar-refractivity contribution < 1.29 is 13.2 Å². The zero-order valence-corrected chi connectivity index (χ0v) is 19.4. The maximum absolute atomic E-state index is 12.8. The third-order valence-corrected chi connectivity index (χ3v) is 8.59. The Bertz CT molecular complexity index is 857. The molecule has 1 aliphatic heterocycles. The second-order valence-electron chi connectivity index (χ2n) is 9.53. The van der Waals surface area contributed by atoms with Crippen LogP contribution >= 0.6 is 0 Å². The maximum atomic E-state index is 12.8. The molecule has 1 saturated heterocycles. The van der Waals surface area contributed by atoms with Crippen molar-refractivity contribution in [3.8, 4) is 0 Å². The molecule has 172 valence electrons. The molecular formula is C24H37N3O3S. The van der Waals surface area contributed by atoms with Crippen molar-refractivity contribution in [2.45, 2.75) is 81.6 Å². The fourth-order valence-electron chi connectivity index (χ4n) is 5.32. The van der Waals surface area contributed by atoms with Crippen molar-refractivity contribution in [3.63, 3.8) is 0 Å². The Morgan fingerprint density at radius 3 is 2.42 bits per heavy atom. The molecule has 0 spiro atoms. The Morgan fingerprint density at radius 2 is 1.68 bits per heavy atom. The predicted molar refractivity (Wildman–Crippen MR) is 122 cm³/mol. The predicted octanol–water partition coefficient (Wildman–Crippen LogP) is 3.00. The second-order valence-corrected chi connectivity index (χ2v) is 11.3. The summed E-state index contributed by atoms with van der Waals surface area (Å²) in [5.41, 5.74) is 2.20. The first-order chi connectivity index (χ1) is 15.0. The summed E-state index contributed by atoms with van der Waals surface area (Å²) in [7, 11) is -3.50. The zero-order chi connectivity index (χ0) is 21.7. The van der Waals surface area contributed by atoms with Crippen LogP contribution in [0.3, 0.4) is 0 Å². The van der Waals surface area contributed by atoms with Gasteiger partial charge in [-0.05, 0) is 87.8 Å². The van der Waals surface area contributed by atoms with E-state index in [9.17, 15) is 13.2 Å². The highest BCUT2D eigenvalue weighted by Crippen LogP contribution is 2.28. The third-order valence-electron chi connectivity index (χ3n) is 7.13. The molecule has 31 heavy (non-hydrogen) atoms. The molecule has 1 saturated carbocycles. The van der Waals surface area contributed by atoms with Gasteiger partial charge in [0.1, 0.15) is 0 Å². The number of amides is 1. The van der Waals surface area contributed by atoms with Gasteiger partial charge < -0.3 is 10.2 Å². The number of rotatable bonds is 8. The summed E-state index contributed by atoms with van der Waals surface area (Å²) in [5.74, 6) is 0.340. The highest BCUT2D eigenvalue weighted by molar-refractivity contribution is 7.89. The van der Waals surface area contributed by atoms with Crippen molar-refractivity contribution >= 4 is 15.9 Å². The van der Waals surface area contributed by atoms with Crippen LogP contribution in [0.5, 0.6) is 0 Å². The minimum atomic E-state index is -3.50. The van der Waals surface area contributed by atoms with E-state index in [0.717, 1.165) is 69.3 Å². The van der Waals surface area contributed by atoms with Crippen LogP contribution in [0.2, 0.25) is 0 Å². The van der Waals surface area contributed by atoms with E-state index < -0.39 is 10.0 Å². The molecule has 0 bridgehead atoms. The highest BCUT2D eigenvalue weighted by atomic mass is 32.2. The number of benzene rings is 1. The second kappa shape index (κ2) is 10.5. The van der Waals surface area contributed by atoms with Gasteiger partial charge in [0, 0.05) is 18.5 Å². The van der Waals surface area contributed by atoms with Gasteiger partial charge >= 0.3 is 0 Å². The Kier molecular flexibility index (Phi) is 7.67. The molecule has 4 rings (SSSR count). The lowest BCUT2D eigenvalue weighted by atomic mass is 10.1. The minimum absolute atomic E-state index is 0.0858. The largest absolute Gasteiger partial charge is 0.352 e. The van der Waals surface area contributed by atoms with E-state index in [-0.39, 0.29) is 17.9 Å². The van der Waals surface area contributed by atoms with Gasteiger partial charge in [0.25, 0.3) is 0 Å². The average Bonchev–Trinajstić information content (AvgIpc) is 3.35. The van der Waals surface area contributed by atoms with Gasteiger partial charge in [0.15, 0.2) is 0 Å². The fourth-order valence-corrected chi connectivity index (χ4v) is 6.45. The quantitative estimate of drug-likeness (QED) is 0.601. The number of carbonyl (C=O) groups excluding carboxylic acids is 1. The highest BCUT2D eigenvalue weighted by Gasteiger charge is 2.29. The third kappa shape index (κ3) is 6.08. The van der Waals surface area contributed by atoms with Crippen molar-refractivity contribution in [3.05, 3.63) is 29.3 Å². The Hall–Kier alpha value is -1.44. The summed E-state index contributed by atoms with van der Waals surface area (Å²) in [4.78, 5) is 15.2. The molecule has 1 aromatic carbocycles. The topological polar surface area (TPSA) is 78.5 Å². The monoisotopic (exact) mass is 447 g/mol. The first-order valence-electron chi connectivity index (χ1n) is 12.2. The van der Waals surface area contributed by atoms with Gasteiger partial charge in [0.2, 0.25) is 15.9 Å². The van der Waals surface area contributed by atoms with Crippen LogP contribution in [0.25, 0.3) is 0 Å². The van der Waals surface area contributed by atoms with E-state index in [1.165, 1.54) is 25.7 Å². The van der Waals surface area contributed by atoms with Crippen molar-refractivity contribution in [2.75, 3.05) is 26.2 Å².